The summed E-state index contributed by atoms with van der Waals surface area (Å²) in [6, 6.07) is 8.45. The first-order valence-electron chi connectivity index (χ1n) is 7.99. The Balaban J connectivity index is 1.94. The maximum absolute atomic E-state index is 11.5. The van der Waals surface area contributed by atoms with Crippen molar-refractivity contribution in [3.8, 4) is 5.75 Å². The van der Waals surface area contributed by atoms with E-state index in [1.807, 2.05) is 12.1 Å². The van der Waals surface area contributed by atoms with Gasteiger partial charge in [0, 0.05) is 6.04 Å². The normalized spacial score (nSPS) is 20.0. The quantitative estimate of drug-likeness (QED) is 0.874. The third kappa shape index (κ3) is 4.71. The second kappa shape index (κ2) is 7.47. The molecular weight excluding hydrogens is 298 g/mol. The Labute approximate surface area is 134 Å². The summed E-state index contributed by atoms with van der Waals surface area (Å²) in [4.78, 5) is 0. The predicted molar refractivity (Wildman–Crippen MR) is 90.0 cm³/mol. The minimum absolute atomic E-state index is 0.282. The molecule has 0 bridgehead atoms. The Bertz CT molecular complexity index is 552. The van der Waals surface area contributed by atoms with Crippen molar-refractivity contribution in [2.75, 3.05) is 25.2 Å². The third-order valence-corrected chi connectivity index (χ3v) is 6.16. The first kappa shape index (κ1) is 17.3. The molecule has 0 aliphatic carbocycles. The summed E-state index contributed by atoms with van der Waals surface area (Å²) in [6.07, 6.45) is 1.56. The fourth-order valence-corrected chi connectivity index (χ4v) is 4.58. The van der Waals surface area contributed by atoms with E-state index < -0.39 is 9.84 Å². The molecule has 0 aromatic heterocycles. The van der Waals surface area contributed by atoms with Crippen molar-refractivity contribution in [2.24, 2.45) is 11.8 Å². The Morgan fingerprint density at radius 3 is 2.27 bits per heavy atom. The van der Waals surface area contributed by atoms with E-state index in [-0.39, 0.29) is 6.04 Å². The lowest BCUT2D eigenvalue weighted by Gasteiger charge is -2.28. The van der Waals surface area contributed by atoms with Gasteiger partial charge in [-0.2, -0.15) is 0 Å². The lowest BCUT2D eigenvalue weighted by Crippen LogP contribution is -2.34. The molecule has 1 aliphatic rings. The van der Waals surface area contributed by atoms with Crippen LogP contribution < -0.4 is 10.1 Å². The van der Waals surface area contributed by atoms with Crippen molar-refractivity contribution in [1.82, 2.24) is 5.32 Å². The van der Waals surface area contributed by atoms with E-state index >= 15 is 0 Å². The molecule has 0 radical (unpaired) electrons. The average Bonchev–Trinajstić information content (AvgIpc) is 2.49. The van der Waals surface area contributed by atoms with Crippen LogP contribution in [0.5, 0.6) is 5.75 Å². The van der Waals surface area contributed by atoms with Crippen molar-refractivity contribution in [3.05, 3.63) is 29.8 Å². The van der Waals surface area contributed by atoms with Crippen LogP contribution in [0.1, 0.15) is 38.3 Å². The monoisotopic (exact) mass is 325 g/mol. The number of hydrogen-bond donors (Lipinski definition) is 1. The number of rotatable bonds is 6. The minimum atomic E-state index is -2.77. The molecule has 1 aromatic rings. The fourth-order valence-electron chi connectivity index (χ4n) is 2.99. The molecule has 1 atom stereocenters. The van der Waals surface area contributed by atoms with Crippen LogP contribution in [0.4, 0.5) is 0 Å². The van der Waals surface area contributed by atoms with Crippen LogP contribution in [0.2, 0.25) is 0 Å². The Morgan fingerprint density at radius 1 is 1.18 bits per heavy atom. The van der Waals surface area contributed by atoms with E-state index in [1.54, 1.807) is 7.11 Å². The van der Waals surface area contributed by atoms with E-state index in [0.717, 1.165) is 25.1 Å². The lowest BCUT2D eigenvalue weighted by molar-refractivity contribution is 0.353. The fraction of sp³-hybridized carbons (Fsp3) is 0.647. The average molecular weight is 325 g/mol. The molecule has 0 saturated carbocycles. The molecule has 1 heterocycles. The van der Waals surface area contributed by atoms with Gasteiger partial charge in [0.1, 0.15) is 15.6 Å². The van der Waals surface area contributed by atoms with Gasteiger partial charge in [-0.05, 0) is 48.9 Å². The van der Waals surface area contributed by atoms with Crippen LogP contribution in [-0.2, 0) is 9.84 Å². The second-order valence-electron chi connectivity index (χ2n) is 6.50. The Morgan fingerprint density at radius 2 is 1.77 bits per heavy atom. The van der Waals surface area contributed by atoms with Gasteiger partial charge >= 0.3 is 0 Å². The standard InChI is InChI=1S/C17H27NO3S/c1-13(2)17(15-4-6-16(21-3)7-5-15)18-12-14-8-10-22(19,20)11-9-14/h4-7,13-14,17-18H,8-12H2,1-3H3/t17-/m1/s1. The Kier molecular flexibility index (Phi) is 5.87. The Hall–Kier alpha value is -1.07. The van der Waals surface area contributed by atoms with E-state index in [0.29, 0.717) is 23.3 Å². The summed E-state index contributed by atoms with van der Waals surface area (Å²) >= 11 is 0. The number of hydrogen-bond acceptors (Lipinski definition) is 4. The van der Waals surface area contributed by atoms with E-state index in [4.69, 9.17) is 4.74 Å². The van der Waals surface area contributed by atoms with E-state index in [9.17, 15) is 8.42 Å². The first-order chi connectivity index (χ1) is 10.4. The molecule has 1 fully saturated rings. The van der Waals surface area contributed by atoms with Crippen LogP contribution in [0.15, 0.2) is 24.3 Å². The van der Waals surface area contributed by atoms with Crippen molar-refractivity contribution in [1.29, 1.82) is 0 Å². The smallest absolute Gasteiger partial charge is 0.150 e. The van der Waals surface area contributed by atoms with Gasteiger partial charge in [0.25, 0.3) is 0 Å². The molecule has 2 rings (SSSR count). The van der Waals surface area contributed by atoms with Crippen molar-refractivity contribution < 1.29 is 13.2 Å². The SMILES string of the molecule is COc1ccc([C@H](NCC2CCS(=O)(=O)CC2)C(C)C)cc1. The molecule has 1 aliphatic heterocycles. The zero-order valence-corrected chi connectivity index (χ0v) is 14.5. The molecular formula is C17H27NO3S. The number of nitrogens with one attached hydrogen (secondary N) is 1. The molecule has 22 heavy (non-hydrogen) atoms. The second-order valence-corrected chi connectivity index (χ2v) is 8.80. The highest BCUT2D eigenvalue weighted by Crippen LogP contribution is 2.25. The van der Waals surface area contributed by atoms with Gasteiger partial charge in [-0.3, -0.25) is 0 Å². The topological polar surface area (TPSA) is 55.4 Å². The molecule has 0 spiro atoms. The van der Waals surface area contributed by atoms with Gasteiger partial charge < -0.3 is 10.1 Å². The highest BCUT2D eigenvalue weighted by atomic mass is 32.2. The molecule has 1 aromatic carbocycles. The third-order valence-electron chi connectivity index (χ3n) is 4.44. The maximum atomic E-state index is 11.5. The first-order valence-corrected chi connectivity index (χ1v) is 9.81. The number of methoxy groups -OCH3 is 1. The van der Waals surface area contributed by atoms with Gasteiger partial charge in [-0.15, -0.1) is 0 Å². The largest absolute Gasteiger partial charge is 0.497 e. The van der Waals surface area contributed by atoms with Crippen LogP contribution >= 0.6 is 0 Å². The van der Waals surface area contributed by atoms with Gasteiger partial charge in [0.05, 0.1) is 18.6 Å². The maximum Gasteiger partial charge on any atom is 0.150 e. The van der Waals surface area contributed by atoms with Crippen LogP contribution in [0, 0.1) is 11.8 Å². The zero-order valence-electron chi connectivity index (χ0n) is 13.7. The van der Waals surface area contributed by atoms with Gasteiger partial charge in [-0.25, -0.2) is 8.42 Å². The highest BCUT2D eigenvalue weighted by Gasteiger charge is 2.24. The van der Waals surface area contributed by atoms with Crippen molar-refractivity contribution in [2.45, 2.75) is 32.7 Å². The minimum Gasteiger partial charge on any atom is -0.497 e. The van der Waals surface area contributed by atoms with Gasteiger partial charge in [0.15, 0.2) is 0 Å². The summed E-state index contributed by atoms with van der Waals surface area (Å²) in [6.45, 7) is 5.28. The summed E-state index contributed by atoms with van der Waals surface area (Å²) in [7, 11) is -1.10. The number of benzene rings is 1. The predicted octanol–water partition coefficient (Wildman–Crippen LogP) is 2.81. The van der Waals surface area contributed by atoms with Crippen LogP contribution in [0.3, 0.4) is 0 Å². The highest BCUT2D eigenvalue weighted by molar-refractivity contribution is 7.91. The zero-order chi connectivity index (χ0) is 16.2. The summed E-state index contributed by atoms with van der Waals surface area (Å²) in [5.41, 5.74) is 1.25. The van der Waals surface area contributed by atoms with Crippen molar-refractivity contribution in [3.63, 3.8) is 0 Å². The van der Waals surface area contributed by atoms with E-state index in [2.05, 4.69) is 31.3 Å². The van der Waals surface area contributed by atoms with Gasteiger partial charge in [0.2, 0.25) is 0 Å². The molecule has 1 saturated heterocycles. The lowest BCUT2D eigenvalue weighted by atomic mass is 9.94. The number of sulfone groups is 1. The molecule has 0 unspecified atom stereocenters. The van der Waals surface area contributed by atoms with E-state index in [1.165, 1.54) is 5.56 Å². The van der Waals surface area contributed by atoms with Gasteiger partial charge in [-0.1, -0.05) is 26.0 Å². The molecule has 124 valence electrons. The summed E-state index contributed by atoms with van der Waals surface area (Å²) in [5.74, 6) is 2.48. The molecule has 0 amide bonds. The number of ether oxygens (including phenoxy) is 1. The molecule has 5 heteroatoms. The summed E-state index contributed by atoms with van der Waals surface area (Å²) in [5, 5.41) is 3.63. The molecule has 4 nitrogen and oxygen atoms in total. The molecule has 1 N–H and O–H groups in total. The van der Waals surface area contributed by atoms with Crippen LogP contribution in [-0.4, -0.2) is 33.6 Å². The van der Waals surface area contributed by atoms with Crippen molar-refractivity contribution >= 4 is 9.84 Å². The van der Waals surface area contributed by atoms with Crippen LogP contribution in [0.25, 0.3) is 0 Å². The summed E-state index contributed by atoms with van der Waals surface area (Å²) < 4.78 is 28.2.